The average Bonchev–Trinajstić information content (AvgIpc) is 3.16. The molecule has 0 saturated carbocycles. The first-order valence-electron chi connectivity index (χ1n) is 12.0. The minimum atomic E-state index is -4.89. The Kier molecular flexibility index (Phi) is 6.47. The molecule has 1 heterocycles. The van der Waals surface area contributed by atoms with Gasteiger partial charge in [-0.2, -0.15) is 0 Å². The van der Waals surface area contributed by atoms with Crippen molar-refractivity contribution < 1.29 is 27.5 Å². The number of carbonyl (C=O) groups is 2. The second-order valence-corrected chi connectivity index (χ2v) is 11.0. The van der Waals surface area contributed by atoms with Crippen LogP contribution in [0, 0.1) is 6.92 Å². The molecular formula is C30H24F3NO3S. The molecule has 0 unspecified atom stereocenters. The minimum Gasteiger partial charge on any atom is -0.405 e. The molecule has 0 aromatic heterocycles. The normalized spacial score (nSPS) is 17.7. The van der Waals surface area contributed by atoms with Gasteiger partial charge in [-0.15, -0.1) is 13.2 Å². The van der Waals surface area contributed by atoms with Gasteiger partial charge in [0.25, 0.3) is 11.1 Å². The molecule has 0 bridgehead atoms. The molecule has 1 fully saturated rings. The highest BCUT2D eigenvalue weighted by Gasteiger charge is 2.34. The van der Waals surface area contributed by atoms with Crippen molar-refractivity contribution in [1.29, 1.82) is 0 Å². The fourth-order valence-electron chi connectivity index (χ4n) is 4.88. The molecule has 194 valence electrons. The molecule has 0 atom stereocenters. The number of amides is 2. The molecule has 5 rings (SSSR count). The number of aryl methyl sites for hydroxylation is 1. The molecule has 2 aliphatic rings. The molecule has 4 nitrogen and oxygen atoms in total. The summed E-state index contributed by atoms with van der Waals surface area (Å²) in [6, 6.07) is 18.1. The first-order chi connectivity index (χ1) is 17.9. The van der Waals surface area contributed by atoms with Gasteiger partial charge in [0.2, 0.25) is 0 Å². The number of allylic oxidation sites excluding steroid dienone is 1. The number of hydrogen-bond donors (Lipinski definition) is 1. The van der Waals surface area contributed by atoms with Gasteiger partial charge in [0, 0.05) is 5.56 Å². The van der Waals surface area contributed by atoms with Crippen LogP contribution in [0.15, 0.2) is 71.6 Å². The molecule has 1 aliphatic carbocycles. The smallest absolute Gasteiger partial charge is 0.405 e. The number of imide groups is 1. The van der Waals surface area contributed by atoms with Crippen molar-refractivity contribution in [3.8, 4) is 16.9 Å². The fourth-order valence-corrected chi connectivity index (χ4v) is 5.57. The second-order valence-electron chi connectivity index (χ2n) is 9.94. The molecule has 38 heavy (non-hydrogen) atoms. The second kappa shape index (κ2) is 9.51. The Labute approximate surface area is 222 Å². The minimum absolute atomic E-state index is 0.159. The van der Waals surface area contributed by atoms with Crippen LogP contribution in [0.5, 0.6) is 5.75 Å². The van der Waals surface area contributed by atoms with E-state index in [4.69, 9.17) is 0 Å². The summed E-state index contributed by atoms with van der Waals surface area (Å²) in [5, 5.41) is 1.69. The number of nitrogens with one attached hydrogen (secondary N) is 1. The average molecular weight is 536 g/mol. The van der Waals surface area contributed by atoms with E-state index in [1.54, 1.807) is 6.07 Å². The van der Waals surface area contributed by atoms with Crippen LogP contribution in [0.25, 0.3) is 22.8 Å². The Morgan fingerprint density at radius 2 is 1.71 bits per heavy atom. The molecule has 3 aromatic rings. The highest BCUT2D eigenvalue weighted by atomic mass is 32.2. The highest BCUT2D eigenvalue weighted by Crippen LogP contribution is 2.46. The van der Waals surface area contributed by atoms with E-state index in [2.05, 4.69) is 30.0 Å². The van der Waals surface area contributed by atoms with Gasteiger partial charge in [-0.1, -0.05) is 62.4 Å². The van der Waals surface area contributed by atoms with Crippen LogP contribution in [-0.2, 0) is 10.2 Å². The maximum absolute atomic E-state index is 13.4. The quantitative estimate of drug-likeness (QED) is 0.344. The zero-order valence-electron chi connectivity index (χ0n) is 20.9. The van der Waals surface area contributed by atoms with Crippen molar-refractivity contribution in [3.05, 3.63) is 99.5 Å². The van der Waals surface area contributed by atoms with Crippen LogP contribution in [0.3, 0.4) is 0 Å². The number of alkyl halides is 3. The monoisotopic (exact) mass is 535 g/mol. The zero-order chi connectivity index (χ0) is 27.2. The highest BCUT2D eigenvalue weighted by molar-refractivity contribution is 8.18. The number of benzene rings is 3. The lowest BCUT2D eigenvalue weighted by Gasteiger charge is -2.33. The molecule has 0 radical (unpaired) electrons. The molecule has 1 saturated heterocycles. The summed E-state index contributed by atoms with van der Waals surface area (Å²) in [7, 11) is 0. The van der Waals surface area contributed by atoms with Crippen LogP contribution >= 0.6 is 11.8 Å². The summed E-state index contributed by atoms with van der Waals surface area (Å²) in [4.78, 5) is 23.8. The van der Waals surface area contributed by atoms with Crippen LogP contribution in [0.2, 0.25) is 0 Å². The van der Waals surface area contributed by atoms with Gasteiger partial charge in [-0.05, 0) is 93.8 Å². The van der Waals surface area contributed by atoms with E-state index < -0.39 is 17.5 Å². The topological polar surface area (TPSA) is 55.4 Å². The molecule has 0 spiro atoms. The van der Waals surface area contributed by atoms with E-state index in [0.29, 0.717) is 11.1 Å². The Morgan fingerprint density at radius 1 is 0.974 bits per heavy atom. The number of thioether (sulfide) groups is 1. The van der Waals surface area contributed by atoms with Crippen LogP contribution in [-0.4, -0.2) is 17.5 Å². The first kappa shape index (κ1) is 25.9. The van der Waals surface area contributed by atoms with Gasteiger partial charge in [0.1, 0.15) is 5.75 Å². The number of ether oxygens (including phenoxy) is 1. The predicted octanol–water partition coefficient (Wildman–Crippen LogP) is 8.00. The van der Waals surface area contributed by atoms with Crippen LogP contribution in [0.4, 0.5) is 18.0 Å². The van der Waals surface area contributed by atoms with Crippen molar-refractivity contribution in [2.45, 2.75) is 39.0 Å². The molecule has 8 heteroatoms. The molecular weight excluding hydrogens is 511 g/mol. The van der Waals surface area contributed by atoms with Gasteiger partial charge in [0.15, 0.2) is 0 Å². The Morgan fingerprint density at radius 3 is 2.37 bits per heavy atom. The van der Waals surface area contributed by atoms with Crippen molar-refractivity contribution >= 4 is 34.6 Å². The first-order valence-corrected chi connectivity index (χ1v) is 12.8. The summed E-state index contributed by atoms with van der Waals surface area (Å²) >= 11 is 0.747. The summed E-state index contributed by atoms with van der Waals surface area (Å²) in [6.07, 6.45) is -0.399. The lowest BCUT2D eigenvalue weighted by Crippen LogP contribution is -2.22. The van der Waals surface area contributed by atoms with Crippen LogP contribution < -0.4 is 10.1 Å². The van der Waals surface area contributed by atoms with Gasteiger partial charge >= 0.3 is 6.36 Å². The number of fused-ring (bicyclic) bond motifs is 1. The maximum atomic E-state index is 13.4. The lowest BCUT2D eigenvalue weighted by atomic mass is 9.71. The van der Waals surface area contributed by atoms with Gasteiger partial charge in [-0.25, -0.2) is 0 Å². The zero-order valence-corrected chi connectivity index (χ0v) is 21.7. The number of rotatable bonds is 4. The number of carbonyl (C=O) groups excluding carboxylic acids is 2. The largest absolute Gasteiger partial charge is 0.573 e. The van der Waals surface area contributed by atoms with Gasteiger partial charge in [-0.3, -0.25) is 14.9 Å². The van der Waals surface area contributed by atoms with Gasteiger partial charge in [0.05, 0.1) is 4.91 Å². The van der Waals surface area contributed by atoms with Crippen LogP contribution in [0.1, 0.15) is 48.1 Å². The van der Waals surface area contributed by atoms with E-state index >= 15 is 0 Å². The molecule has 1 aliphatic heterocycles. The van der Waals surface area contributed by atoms with Gasteiger partial charge < -0.3 is 4.74 Å². The fraction of sp³-hybridized carbons (Fsp3) is 0.200. The predicted molar refractivity (Wildman–Crippen MR) is 144 cm³/mol. The van der Waals surface area contributed by atoms with E-state index in [0.717, 1.165) is 46.0 Å². The molecule has 3 aromatic carbocycles. The van der Waals surface area contributed by atoms with Crippen molar-refractivity contribution in [2.75, 3.05) is 0 Å². The third-order valence-electron chi connectivity index (χ3n) is 6.74. The van der Waals surface area contributed by atoms with Crippen molar-refractivity contribution in [1.82, 2.24) is 5.32 Å². The lowest BCUT2D eigenvalue weighted by molar-refractivity contribution is -0.274. The Bertz CT molecular complexity index is 1520. The van der Waals surface area contributed by atoms with Crippen molar-refractivity contribution in [2.24, 2.45) is 0 Å². The Balaban J connectivity index is 1.70. The van der Waals surface area contributed by atoms with E-state index in [-0.39, 0.29) is 21.6 Å². The number of halogens is 3. The summed E-state index contributed by atoms with van der Waals surface area (Å²) in [5.41, 5.74) is 6.05. The van der Waals surface area contributed by atoms with Crippen molar-refractivity contribution in [3.63, 3.8) is 0 Å². The summed E-state index contributed by atoms with van der Waals surface area (Å²) < 4.78 is 44.6. The van der Waals surface area contributed by atoms with E-state index in [1.807, 2.05) is 49.4 Å². The number of hydrogen-bond acceptors (Lipinski definition) is 4. The third-order valence-corrected chi connectivity index (χ3v) is 7.56. The molecule has 1 N–H and O–H groups in total. The maximum Gasteiger partial charge on any atom is 0.573 e. The van der Waals surface area contributed by atoms with E-state index in [1.165, 1.54) is 18.2 Å². The van der Waals surface area contributed by atoms with E-state index in [9.17, 15) is 22.8 Å². The summed E-state index contributed by atoms with van der Waals surface area (Å²) in [5.74, 6) is -0.885. The standard InChI is InChI=1S/C30H24F3NO3S/c1-17-13-24-22(20(11-12-29(24,2)3)19-7-5-4-6-8-19)16-21(17)23-14-18(9-10-25(23)37-30(31,32)33)15-26-27(35)34-28(36)38-26/h4-11,13-16H,12H2,1-3H3,(H,34,35,36)/b26-15+. The third kappa shape index (κ3) is 5.13. The Hall–Kier alpha value is -3.78. The molecule has 2 amide bonds. The summed E-state index contributed by atoms with van der Waals surface area (Å²) in [6.45, 7) is 6.17. The SMILES string of the molecule is Cc1cc2c(cc1-c1cc(/C=C3/SC(=O)NC3=O)ccc1OC(F)(F)F)C(c1ccccc1)=CCC2(C)C.